The first kappa shape index (κ1) is 24.9. The summed E-state index contributed by atoms with van der Waals surface area (Å²) in [6.45, 7) is 0.698. The van der Waals surface area contributed by atoms with E-state index in [1.807, 2.05) is 0 Å². The van der Waals surface area contributed by atoms with Gasteiger partial charge >= 0.3 is 6.18 Å². The molecule has 0 spiro atoms. The van der Waals surface area contributed by atoms with Crippen LogP contribution in [0.5, 0.6) is 0 Å². The highest BCUT2D eigenvalue weighted by molar-refractivity contribution is 6.05. The van der Waals surface area contributed by atoms with Gasteiger partial charge in [0, 0.05) is 18.3 Å². The second-order valence-corrected chi connectivity index (χ2v) is 8.63. The molecule has 0 aliphatic carbocycles. The standard InChI is InChI=1S/C24H22F3N7O3/c25-24(26,27)16-5-6-30-20(9-16)32-23(36)15-3-1-14(2-4-15)22-33-21(18-10-29-7-8-34(18,22)28)19-11-31-17(12-35)13-37-19/h1-10,17,19,31,35H,11-13,28H2/p+1/t17-,19+,34?/m1/s1. The molecule has 1 fully saturated rings. The Labute approximate surface area is 209 Å². The number of nitrogens with two attached hydrogens (primary N) is 1. The molecule has 0 radical (unpaired) electrons. The molecule has 192 valence electrons. The van der Waals surface area contributed by atoms with E-state index in [9.17, 15) is 23.1 Å². The first-order valence-electron chi connectivity index (χ1n) is 11.3. The lowest BCUT2D eigenvalue weighted by Gasteiger charge is -2.30. The minimum Gasteiger partial charge on any atom is -0.395 e. The van der Waals surface area contributed by atoms with Crippen molar-refractivity contribution in [2.24, 2.45) is 15.8 Å². The van der Waals surface area contributed by atoms with E-state index in [0.29, 0.717) is 35.9 Å². The number of fused-ring (bicyclic) bond motifs is 1. The number of allylic oxidation sites excluding steroid dienone is 1. The zero-order valence-electron chi connectivity index (χ0n) is 19.3. The number of aliphatic hydroxyl groups is 1. The van der Waals surface area contributed by atoms with E-state index in [0.717, 1.165) is 18.3 Å². The van der Waals surface area contributed by atoms with Crippen molar-refractivity contribution in [1.82, 2.24) is 10.3 Å². The SMILES string of the molecule is N[N+]12C=CN=CC1=C([C@@H]1CN[C@H](CO)CO1)N=C2c1ccc(C(=O)Nc2cc(C(F)(F)F)ccn2)cc1. The summed E-state index contributed by atoms with van der Waals surface area (Å²) in [7, 11) is 0. The van der Waals surface area contributed by atoms with Crippen molar-refractivity contribution in [3.63, 3.8) is 0 Å². The molecule has 0 bridgehead atoms. The summed E-state index contributed by atoms with van der Waals surface area (Å²) >= 11 is 0. The van der Waals surface area contributed by atoms with Gasteiger partial charge in [0.25, 0.3) is 11.7 Å². The fourth-order valence-electron chi connectivity index (χ4n) is 4.19. The largest absolute Gasteiger partial charge is 0.416 e. The molecule has 2 aromatic rings. The molecular formula is C24H23F3N7O3+. The molecule has 3 aliphatic rings. The van der Waals surface area contributed by atoms with Crippen LogP contribution in [0.15, 0.2) is 76.4 Å². The highest BCUT2D eigenvalue weighted by atomic mass is 19.4. The molecular weight excluding hydrogens is 491 g/mol. The number of aliphatic hydroxyl groups excluding tert-OH is 1. The number of alkyl halides is 3. The lowest BCUT2D eigenvalue weighted by atomic mass is 10.1. The van der Waals surface area contributed by atoms with Crippen molar-refractivity contribution in [1.29, 1.82) is 0 Å². The van der Waals surface area contributed by atoms with Gasteiger partial charge in [0.1, 0.15) is 23.8 Å². The van der Waals surface area contributed by atoms with Crippen molar-refractivity contribution >= 4 is 23.8 Å². The fourth-order valence-corrected chi connectivity index (χ4v) is 4.19. The molecule has 1 aromatic heterocycles. The van der Waals surface area contributed by atoms with Crippen LogP contribution < -0.4 is 16.5 Å². The van der Waals surface area contributed by atoms with Crippen molar-refractivity contribution in [3.8, 4) is 0 Å². The number of amides is 1. The third-order valence-corrected chi connectivity index (χ3v) is 6.17. The smallest absolute Gasteiger partial charge is 0.395 e. The zero-order chi connectivity index (χ0) is 26.2. The molecule has 0 saturated carbocycles. The van der Waals surface area contributed by atoms with E-state index in [-0.39, 0.29) is 28.6 Å². The monoisotopic (exact) mass is 514 g/mol. The second-order valence-electron chi connectivity index (χ2n) is 8.63. The maximum Gasteiger partial charge on any atom is 0.416 e. The summed E-state index contributed by atoms with van der Waals surface area (Å²) in [5.74, 6) is 6.36. The normalized spacial score (nSPS) is 25.2. The van der Waals surface area contributed by atoms with Crippen LogP contribution in [0.2, 0.25) is 0 Å². The van der Waals surface area contributed by atoms with Gasteiger partial charge in [-0.05, 0) is 36.4 Å². The minimum absolute atomic E-state index is 0.0437. The number of halogens is 3. The number of rotatable bonds is 5. The summed E-state index contributed by atoms with van der Waals surface area (Å²) < 4.78 is 44.5. The van der Waals surface area contributed by atoms with Gasteiger partial charge in [-0.3, -0.25) is 9.79 Å². The number of quaternary nitrogens is 1. The first-order chi connectivity index (χ1) is 17.7. The number of carbonyl (C=O) groups is 1. The Morgan fingerprint density at radius 2 is 2.05 bits per heavy atom. The topological polar surface area (TPSA) is 134 Å². The number of benzene rings is 1. The van der Waals surface area contributed by atoms with Gasteiger partial charge in [-0.2, -0.15) is 24.0 Å². The Morgan fingerprint density at radius 1 is 1.27 bits per heavy atom. The zero-order valence-corrected chi connectivity index (χ0v) is 19.3. The predicted octanol–water partition coefficient (Wildman–Crippen LogP) is 1.92. The van der Waals surface area contributed by atoms with Crippen LogP contribution in [0.3, 0.4) is 0 Å². The minimum atomic E-state index is -4.55. The Kier molecular flexibility index (Phi) is 6.47. The quantitative estimate of drug-likeness (QED) is 0.356. The molecule has 1 amide bonds. The van der Waals surface area contributed by atoms with E-state index < -0.39 is 23.8 Å². The number of nitrogens with zero attached hydrogens (tertiary/aromatic N) is 4. The summed E-state index contributed by atoms with van der Waals surface area (Å²) in [5.41, 5.74) is 1.16. The molecule has 1 aromatic carbocycles. The average Bonchev–Trinajstić information content (AvgIpc) is 3.21. The molecule has 10 nitrogen and oxygen atoms in total. The number of aliphatic imine (C=N–C) groups is 2. The van der Waals surface area contributed by atoms with Crippen molar-refractivity contribution in [2.45, 2.75) is 18.3 Å². The van der Waals surface area contributed by atoms with Crippen molar-refractivity contribution in [2.75, 3.05) is 25.1 Å². The number of hydrogen-bond acceptors (Lipinski definition) is 8. The van der Waals surface area contributed by atoms with Gasteiger partial charge in [-0.25, -0.2) is 4.98 Å². The van der Waals surface area contributed by atoms with Crippen LogP contribution in [-0.4, -0.2) is 64.5 Å². The van der Waals surface area contributed by atoms with Crippen molar-refractivity contribution in [3.05, 3.63) is 83.1 Å². The average molecular weight is 514 g/mol. The molecule has 1 saturated heterocycles. The third-order valence-electron chi connectivity index (χ3n) is 6.17. The second kappa shape index (κ2) is 9.61. The van der Waals surface area contributed by atoms with E-state index in [4.69, 9.17) is 15.6 Å². The summed E-state index contributed by atoms with van der Waals surface area (Å²) in [5, 5.41) is 14.9. The molecule has 3 atom stereocenters. The Balaban J connectivity index is 1.37. The van der Waals surface area contributed by atoms with Gasteiger partial charge in [-0.15, -0.1) is 4.59 Å². The number of hydrogen-bond donors (Lipinski definition) is 4. The molecule has 4 heterocycles. The molecule has 5 N–H and O–H groups in total. The predicted molar refractivity (Wildman–Crippen MR) is 128 cm³/mol. The maximum absolute atomic E-state index is 12.9. The van der Waals surface area contributed by atoms with Crippen LogP contribution in [0.4, 0.5) is 19.0 Å². The summed E-state index contributed by atoms with van der Waals surface area (Å²) in [6.07, 6.45) is 0.890. The highest BCUT2D eigenvalue weighted by Crippen LogP contribution is 2.34. The number of nitrogens with one attached hydrogen (secondary N) is 2. The highest BCUT2D eigenvalue weighted by Gasteiger charge is 2.46. The van der Waals surface area contributed by atoms with E-state index in [2.05, 4.69) is 20.6 Å². The number of morpholine rings is 1. The Hall–Kier alpha value is -3.75. The maximum atomic E-state index is 12.9. The van der Waals surface area contributed by atoms with Crippen LogP contribution in [0.1, 0.15) is 21.5 Å². The lowest BCUT2D eigenvalue weighted by molar-refractivity contribution is -0.750. The molecule has 13 heteroatoms. The van der Waals surface area contributed by atoms with E-state index >= 15 is 0 Å². The number of pyridine rings is 1. The Morgan fingerprint density at radius 3 is 2.73 bits per heavy atom. The number of amidine groups is 1. The van der Waals surface area contributed by atoms with E-state index in [1.54, 1.807) is 30.7 Å². The third kappa shape index (κ3) is 4.82. The molecule has 37 heavy (non-hydrogen) atoms. The van der Waals surface area contributed by atoms with Crippen LogP contribution in [0, 0.1) is 0 Å². The number of aromatic nitrogens is 1. The summed E-state index contributed by atoms with van der Waals surface area (Å²) in [6, 6.07) is 7.80. The molecule has 5 rings (SSSR count). The molecule has 1 unspecified atom stereocenters. The van der Waals surface area contributed by atoms with Crippen LogP contribution >= 0.6 is 0 Å². The van der Waals surface area contributed by atoms with Gasteiger partial charge < -0.3 is 20.5 Å². The van der Waals surface area contributed by atoms with E-state index in [1.165, 1.54) is 12.1 Å². The van der Waals surface area contributed by atoms with Crippen LogP contribution in [0.25, 0.3) is 0 Å². The first-order valence-corrected chi connectivity index (χ1v) is 11.3. The van der Waals surface area contributed by atoms with Gasteiger partial charge in [0.2, 0.25) is 5.70 Å². The lowest BCUT2D eigenvalue weighted by Crippen LogP contribution is -2.53. The van der Waals surface area contributed by atoms with Crippen LogP contribution in [-0.2, 0) is 10.9 Å². The molecule has 3 aliphatic heterocycles. The fraction of sp³-hybridized carbons (Fsp3) is 0.250. The van der Waals surface area contributed by atoms with Gasteiger partial charge in [0.15, 0.2) is 0 Å². The van der Waals surface area contributed by atoms with Crippen molar-refractivity contribution < 1.29 is 32.4 Å². The van der Waals surface area contributed by atoms with Gasteiger partial charge in [0.05, 0.1) is 42.8 Å². The Bertz CT molecular complexity index is 1330. The number of ether oxygens (including phenoxy) is 1. The summed E-state index contributed by atoms with van der Waals surface area (Å²) in [4.78, 5) is 25.4. The van der Waals surface area contributed by atoms with Gasteiger partial charge in [-0.1, -0.05) is 0 Å². The number of anilines is 1. The number of carbonyl (C=O) groups excluding carboxylic acids is 1.